The number of halogens is 3. The van der Waals surface area contributed by atoms with Crippen LogP contribution in [0.5, 0.6) is 0 Å². The number of carbonyl (C=O) groups is 1. The first-order valence-corrected chi connectivity index (χ1v) is 11.1. The minimum Gasteiger partial charge on any atom is -0.461 e. The number of carbonyl (C=O) groups excluding carboxylic acids is 1. The molecule has 6 nitrogen and oxygen atoms in total. The molecule has 0 amide bonds. The molecule has 0 N–H and O–H groups in total. The zero-order valence-electron chi connectivity index (χ0n) is 19.1. The van der Waals surface area contributed by atoms with Crippen LogP contribution in [-0.2, 0) is 4.74 Å². The summed E-state index contributed by atoms with van der Waals surface area (Å²) in [5.74, 6) is -2.04. The molecule has 1 fully saturated rings. The van der Waals surface area contributed by atoms with E-state index in [1.165, 1.54) is 0 Å². The molecule has 0 aliphatic carbocycles. The molecule has 0 bridgehead atoms. The van der Waals surface area contributed by atoms with Gasteiger partial charge in [0.05, 0.1) is 35.0 Å². The van der Waals surface area contributed by atoms with Crippen LogP contribution < -0.4 is 4.90 Å². The first-order valence-electron chi connectivity index (χ1n) is 11.1. The number of benzene rings is 1. The summed E-state index contributed by atoms with van der Waals surface area (Å²) in [5.41, 5.74) is 3.54. The number of hydrogen-bond donors (Lipinski definition) is 0. The third-order valence-electron chi connectivity index (χ3n) is 5.91. The van der Waals surface area contributed by atoms with E-state index in [0.717, 1.165) is 16.9 Å². The molecule has 33 heavy (non-hydrogen) atoms. The van der Waals surface area contributed by atoms with Gasteiger partial charge in [-0.15, -0.1) is 0 Å². The molecule has 1 atom stereocenters. The highest BCUT2D eigenvalue weighted by Gasteiger charge is 2.44. The summed E-state index contributed by atoms with van der Waals surface area (Å²) in [7, 11) is 0. The maximum absolute atomic E-state index is 13.4. The lowest BCUT2D eigenvalue weighted by Crippen LogP contribution is -2.27. The van der Waals surface area contributed by atoms with E-state index < -0.39 is 18.1 Å². The summed E-state index contributed by atoms with van der Waals surface area (Å²) in [5, 5.41) is 5.47. The molecule has 1 saturated heterocycles. The van der Waals surface area contributed by atoms with Crippen molar-refractivity contribution >= 4 is 22.7 Å². The van der Waals surface area contributed by atoms with E-state index in [-0.39, 0.29) is 37.7 Å². The molecule has 9 heteroatoms. The maximum Gasteiger partial charge on any atom is 0.393 e. The van der Waals surface area contributed by atoms with E-state index in [2.05, 4.69) is 4.98 Å². The number of pyridine rings is 1. The van der Waals surface area contributed by atoms with Crippen molar-refractivity contribution in [3.05, 3.63) is 47.3 Å². The second-order valence-electron chi connectivity index (χ2n) is 8.71. The molecule has 3 heterocycles. The number of aryl methyl sites for hydroxylation is 1. The van der Waals surface area contributed by atoms with Crippen LogP contribution in [0, 0.1) is 12.8 Å². The van der Waals surface area contributed by atoms with Crippen LogP contribution in [0.15, 0.2) is 30.3 Å². The van der Waals surface area contributed by atoms with Gasteiger partial charge in [-0.1, -0.05) is 26.0 Å². The van der Waals surface area contributed by atoms with Crippen molar-refractivity contribution in [2.24, 2.45) is 5.92 Å². The molecular formula is C24H27F3N4O2. The van der Waals surface area contributed by atoms with E-state index in [4.69, 9.17) is 9.84 Å². The van der Waals surface area contributed by atoms with Crippen LogP contribution in [0.3, 0.4) is 0 Å². The van der Waals surface area contributed by atoms with E-state index in [1.807, 2.05) is 45.0 Å². The predicted octanol–water partition coefficient (Wildman–Crippen LogP) is 5.42. The molecule has 1 unspecified atom stereocenters. The third kappa shape index (κ3) is 4.41. The Kier molecular flexibility index (Phi) is 6.07. The fourth-order valence-electron chi connectivity index (χ4n) is 4.27. The predicted molar refractivity (Wildman–Crippen MR) is 120 cm³/mol. The normalized spacial score (nSPS) is 16.7. The van der Waals surface area contributed by atoms with Crippen molar-refractivity contribution in [1.82, 2.24) is 14.8 Å². The van der Waals surface area contributed by atoms with Gasteiger partial charge in [-0.25, -0.2) is 14.5 Å². The lowest BCUT2D eigenvalue weighted by atomic mass is 10.1. The maximum atomic E-state index is 13.4. The Bertz CT molecular complexity index is 1190. The van der Waals surface area contributed by atoms with Crippen molar-refractivity contribution in [3.63, 3.8) is 0 Å². The van der Waals surface area contributed by atoms with Crippen molar-refractivity contribution in [1.29, 1.82) is 0 Å². The first kappa shape index (κ1) is 23.1. The number of fused-ring (bicyclic) bond motifs is 1. The van der Waals surface area contributed by atoms with E-state index in [0.29, 0.717) is 16.7 Å². The Morgan fingerprint density at radius 2 is 2.03 bits per heavy atom. The van der Waals surface area contributed by atoms with E-state index >= 15 is 0 Å². The van der Waals surface area contributed by atoms with Crippen LogP contribution in [0.1, 0.15) is 54.9 Å². The van der Waals surface area contributed by atoms with Crippen LogP contribution in [0.4, 0.5) is 18.9 Å². The summed E-state index contributed by atoms with van der Waals surface area (Å²) in [6.07, 6.45) is -4.26. The van der Waals surface area contributed by atoms with Crippen LogP contribution in [0.2, 0.25) is 0 Å². The SMILES string of the molecule is CCOC(=O)c1cc(N2CCC(C(F)(F)F)C2)c2c(C(C)C)nn(-c3cccc(C)c3)c2n1. The van der Waals surface area contributed by atoms with E-state index in [1.54, 1.807) is 22.6 Å². The molecule has 4 rings (SSSR count). The highest BCUT2D eigenvalue weighted by molar-refractivity contribution is 5.99. The van der Waals surface area contributed by atoms with Crippen molar-refractivity contribution in [2.45, 2.75) is 46.2 Å². The Balaban J connectivity index is 1.96. The smallest absolute Gasteiger partial charge is 0.393 e. The minimum atomic E-state index is -4.27. The second-order valence-corrected chi connectivity index (χ2v) is 8.71. The van der Waals surface area contributed by atoms with Gasteiger partial charge in [0.2, 0.25) is 0 Å². The molecule has 1 aliphatic heterocycles. The summed E-state index contributed by atoms with van der Waals surface area (Å²) in [6, 6.07) is 9.25. The van der Waals surface area contributed by atoms with Gasteiger partial charge in [-0.05, 0) is 49.9 Å². The number of hydrogen-bond acceptors (Lipinski definition) is 5. The number of nitrogens with zero attached hydrogens (tertiary/aromatic N) is 4. The van der Waals surface area contributed by atoms with Crippen LogP contribution >= 0.6 is 0 Å². The monoisotopic (exact) mass is 460 g/mol. The van der Waals surface area contributed by atoms with Gasteiger partial charge >= 0.3 is 12.1 Å². The van der Waals surface area contributed by atoms with Crippen LogP contribution in [0.25, 0.3) is 16.7 Å². The summed E-state index contributed by atoms with van der Waals surface area (Å²) >= 11 is 0. The Labute approximate surface area is 190 Å². The molecule has 1 aromatic carbocycles. The highest BCUT2D eigenvalue weighted by Crippen LogP contribution is 2.40. The highest BCUT2D eigenvalue weighted by atomic mass is 19.4. The lowest BCUT2D eigenvalue weighted by molar-refractivity contribution is -0.168. The third-order valence-corrected chi connectivity index (χ3v) is 5.91. The van der Waals surface area contributed by atoms with Crippen molar-refractivity contribution in [3.8, 4) is 5.69 Å². The molecule has 0 saturated carbocycles. The molecule has 0 spiro atoms. The van der Waals surface area contributed by atoms with Gasteiger partial charge in [0.1, 0.15) is 0 Å². The van der Waals surface area contributed by atoms with Crippen molar-refractivity contribution in [2.75, 3.05) is 24.6 Å². The standard InChI is InChI=1S/C24H27F3N4O2/c1-5-33-23(32)18-12-19(30-10-9-16(13-30)24(25,26)27)20-21(14(2)3)29-31(22(20)28-18)17-8-6-7-15(4)11-17/h6-8,11-12,14,16H,5,9-10,13H2,1-4H3. The molecule has 0 radical (unpaired) electrons. The molecule has 3 aromatic rings. The molecule has 1 aliphatic rings. The average molecular weight is 461 g/mol. The lowest BCUT2D eigenvalue weighted by Gasteiger charge is -2.22. The number of aromatic nitrogens is 3. The minimum absolute atomic E-state index is 0.00504. The zero-order valence-corrected chi connectivity index (χ0v) is 19.1. The van der Waals surface area contributed by atoms with Gasteiger partial charge in [-0.3, -0.25) is 0 Å². The van der Waals surface area contributed by atoms with Gasteiger partial charge in [0.15, 0.2) is 11.3 Å². The van der Waals surface area contributed by atoms with Crippen LogP contribution in [-0.4, -0.2) is 46.6 Å². The molecular weight excluding hydrogens is 433 g/mol. The number of rotatable bonds is 5. The fourth-order valence-corrected chi connectivity index (χ4v) is 4.27. The topological polar surface area (TPSA) is 60.2 Å². The number of esters is 1. The van der Waals surface area contributed by atoms with Gasteiger partial charge < -0.3 is 9.64 Å². The summed E-state index contributed by atoms with van der Waals surface area (Å²) in [4.78, 5) is 18.9. The largest absolute Gasteiger partial charge is 0.461 e. The number of ether oxygens (including phenoxy) is 1. The Morgan fingerprint density at radius 1 is 1.27 bits per heavy atom. The second kappa shape index (κ2) is 8.68. The van der Waals surface area contributed by atoms with Gasteiger partial charge in [-0.2, -0.15) is 18.3 Å². The van der Waals surface area contributed by atoms with Gasteiger partial charge in [0.25, 0.3) is 0 Å². The number of anilines is 1. The van der Waals surface area contributed by atoms with Crippen molar-refractivity contribution < 1.29 is 22.7 Å². The number of alkyl halides is 3. The average Bonchev–Trinajstić information content (AvgIpc) is 3.39. The molecule has 2 aromatic heterocycles. The quantitative estimate of drug-likeness (QED) is 0.476. The van der Waals surface area contributed by atoms with E-state index in [9.17, 15) is 18.0 Å². The Hall–Kier alpha value is -3.10. The Morgan fingerprint density at radius 3 is 2.64 bits per heavy atom. The summed E-state index contributed by atoms with van der Waals surface area (Å²) in [6.45, 7) is 7.85. The fraction of sp³-hybridized carbons (Fsp3) is 0.458. The summed E-state index contributed by atoms with van der Waals surface area (Å²) < 4.78 is 47.1. The zero-order chi connectivity index (χ0) is 23.9. The molecule has 176 valence electrons. The van der Waals surface area contributed by atoms with Gasteiger partial charge in [0, 0.05) is 13.1 Å². The first-order chi connectivity index (χ1) is 15.6.